The highest BCUT2D eigenvalue weighted by molar-refractivity contribution is 7.99. The van der Waals surface area contributed by atoms with Gasteiger partial charge in [-0.15, -0.1) is 21.5 Å². The van der Waals surface area contributed by atoms with Crippen LogP contribution in [-0.2, 0) is 16.6 Å². The van der Waals surface area contributed by atoms with E-state index in [1.807, 2.05) is 69.0 Å². The average Bonchev–Trinajstić information content (AvgIpc) is 3.31. The number of hydrogen-bond donors (Lipinski definition) is 2. The third-order valence-electron chi connectivity index (χ3n) is 4.36. The molecule has 0 aliphatic carbocycles. The predicted octanol–water partition coefficient (Wildman–Crippen LogP) is 4.57. The molecule has 30 heavy (non-hydrogen) atoms. The van der Waals surface area contributed by atoms with Crippen molar-refractivity contribution in [3.8, 4) is 10.7 Å². The summed E-state index contributed by atoms with van der Waals surface area (Å²) in [7, 11) is 1.89. The van der Waals surface area contributed by atoms with Gasteiger partial charge in [0.15, 0.2) is 11.0 Å². The van der Waals surface area contributed by atoms with E-state index in [2.05, 4.69) is 20.8 Å². The van der Waals surface area contributed by atoms with Crippen LogP contribution in [-0.4, -0.2) is 32.3 Å². The molecule has 0 fully saturated rings. The highest BCUT2D eigenvalue weighted by Crippen LogP contribution is 2.27. The normalized spacial score (nSPS) is 11.4. The Kier molecular flexibility index (Phi) is 6.62. The van der Waals surface area contributed by atoms with E-state index in [1.165, 1.54) is 11.8 Å². The van der Waals surface area contributed by atoms with Crippen molar-refractivity contribution in [3.05, 3.63) is 41.3 Å². The monoisotopic (exact) mass is 443 g/mol. The van der Waals surface area contributed by atoms with Crippen LogP contribution in [0.25, 0.3) is 10.7 Å². The van der Waals surface area contributed by atoms with Crippen LogP contribution in [0.4, 0.5) is 11.4 Å². The highest BCUT2D eigenvalue weighted by atomic mass is 32.2. The molecule has 0 aliphatic heterocycles. The zero-order valence-corrected chi connectivity index (χ0v) is 19.3. The zero-order chi connectivity index (χ0) is 21.9. The topological polar surface area (TPSA) is 88.9 Å². The molecule has 0 radical (unpaired) electrons. The first-order chi connectivity index (χ1) is 14.1. The second kappa shape index (κ2) is 9.01. The van der Waals surface area contributed by atoms with Crippen LogP contribution >= 0.6 is 23.1 Å². The molecular weight excluding hydrogens is 418 g/mol. The molecule has 7 nitrogen and oxygen atoms in total. The van der Waals surface area contributed by atoms with Crippen molar-refractivity contribution < 1.29 is 9.59 Å². The molecule has 0 saturated carbocycles. The molecule has 0 atom stereocenters. The van der Waals surface area contributed by atoms with Gasteiger partial charge >= 0.3 is 0 Å². The minimum absolute atomic E-state index is 0.0805. The summed E-state index contributed by atoms with van der Waals surface area (Å²) < 4.78 is 1.89. The zero-order valence-electron chi connectivity index (χ0n) is 17.6. The molecule has 0 saturated heterocycles. The SMILES string of the molecule is Cc1ccc(NC(=O)C(C)(C)C)cc1NC(=O)CSc1nnc(-c2cccs2)n1C. The number of nitrogens with zero attached hydrogens (tertiary/aromatic N) is 3. The van der Waals surface area contributed by atoms with Crippen LogP contribution in [0.5, 0.6) is 0 Å². The van der Waals surface area contributed by atoms with Gasteiger partial charge in [-0.25, -0.2) is 0 Å². The quantitative estimate of drug-likeness (QED) is 0.545. The number of carbonyl (C=O) groups excluding carboxylic acids is 2. The van der Waals surface area contributed by atoms with Crippen molar-refractivity contribution in [1.29, 1.82) is 0 Å². The second-order valence-electron chi connectivity index (χ2n) is 7.91. The number of thiophene rings is 1. The Morgan fingerprint density at radius 1 is 1.17 bits per heavy atom. The molecule has 158 valence electrons. The summed E-state index contributed by atoms with van der Waals surface area (Å²) in [6, 6.07) is 9.43. The predicted molar refractivity (Wildman–Crippen MR) is 123 cm³/mol. The van der Waals surface area contributed by atoms with Crippen molar-refractivity contribution in [2.45, 2.75) is 32.9 Å². The summed E-state index contributed by atoms with van der Waals surface area (Å²) in [4.78, 5) is 25.8. The van der Waals surface area contributed by atoms with Gasteiger partial charge in [0.2, 0.25) is 11.8 Å². The van der Waals surface area contributed by atoms with E-state index in [9.17, 15) is 9.59 Å². The van der Waals surface area contributed by atoms with Gasteiger partial charge in [-0.05, 0) is 36.1 Å². The number of rotatable bonds is 6. The van der Waals surface area contributed by atoms with E-state index in [0.717, 1.165) is 16.3 Å². The summed E-state index contributed by atoms with van der Waals surface area (Å²) in [5.41, 5.74) is 1.74. The Hall–Kier alpha value is -2.65. The average molecular weight is 444 g/mol. The maximum absolute atomic E-state index is 12.5. The van der Waals surface area contributed by atoms with Gasteiger partial charge < -0.3 is 15.2 Å². The molecule has 3 rings (SSSR count). The number of amides is 2. The fraction of sp³-hybridized carbons (Fsp3) is 0.333. The van der Waals surface area contributed by atoms with Crippen LogP contribution in [0.15, 0.2) is 40.9 Å². The molecule has 2 heterocycles. The molecule has 2 amide bonds. The standard InChI is InChI=1S/C21H25N5O2S2/c1-13-8-9-14(22-19(28)21(2,3)4)11-15(13)23-17(27)12-30-20-25-24-18(26(20)5)16-7-6-10-29-16/h6-11H,12H2,1-5H3,(H,22,28)(H,23,27). The fourth-order valence-electron chi connectivity index (χ4n) is 2.53. The number of nitrogens with one attached hydrogen (secondary N) is 2. The van der Waals surface area contributed by atoms with Crippen molar-refractivity contribution in [1.82, 2.24) is 14.8 Å². The lowest BCUT2D eigenvalue weighted by atomic mass is 9.95. The van der Waals surface area contributed by atoms with Crippen LogP contribution in [0.3, 0.4) is 0 Å². The van der Waals surface area contributed by atoms with Crippen LogP contribution in [0.2, 0.25) is 0 Å². The first-order valence-electron chi connectivity index (χ1n) is 9.43. The summed E-state index contributed by atoms with van der Waals surface area (Å²) in [6.07, 6.45) is 0. The first-order valence-corrected chi connectivity index (χ1v) is 11.3. The summed E-state index contributed by atoms with van der Waals surface area (Å²) >= 11 is 2.93. The lowest BCUT2D eigenvalue weighted by Crippen LogP contribution is -2.27. The van der Waals surface area contributed by atoms with Crippen molar-refractivity contribution in [2.75, 3.05) is 16.4 Å². The number of aromatic nitrogens is 3. The maximum atomic E-state index is 12.5. The maximum Gasteiger partial charge on any atom is 0.234 e. The number of anilines is 2. The van der Waals surface area contributed by atoms with Gasteiger partial charge in [-0.2, -0.15) is 0 Å². The second-order valence-corrected chi connectivity index (χ2v) is 9.80. The summed E-state index contributed by atoms with van der Waals surface area (Å²) in [6.45, 7) is 7.47. The smallest absolute Gasteiger partial charge is 0.234 e. The first kappa shape index (κ1) is 22.0. The van der Waals surface area contributed by atoms with E-state index in [4.69, 9.17) is 0 Å². The number of thioether (sulfide) groups is 1. The van der Waals surface area contributed by atoms with E-state index in [1.54, 1.807) is 17.4 Å². The van der Waals surface area contributed by atoms with E-state index >= 15 is 0 Å². The Labute approximate surface area is 184 Å². The molecule has 2 aromatic heterocycles. The van der Waals surface area contributed by atoms with E-state index < -0.39 is 5.41 Å². The Morgan fingerprint density at radius 2 is 1.93 bits per heavy atom. The van der Waals surface area contributed by atoms with Gasteiger partial charge in [-0.1, -0.05) is 44.7 Å². The van der Waals surface area contributed by atoms with Crippen LogP contribution in [0.1, 0.15) is 26.3 Å². The molecule has 0 unspecified atom stereocenters. The molecule has 0 spiro atoms. The molecule has 0 aliphatic rings. The Bertz CT molecular complexity index is 1050. The molecule has 0 bridgehead atoms. The summed E-state index contributed by atoms with van der Waals surface area (Å²) in [5.74, 6) is 0.756. The van der Waals surface area contributed by atoms with E-state index in [-0.39, 0.29) is 17.6 Å². The van der Waals surface area contributed by atoms with Gasteiger partial charge in [0.1, 0.15) is 0 Å². The number of hydrogen-bond acceptors (Lipinski definition) is 6. The van der Waals surface area contributed by atoms with Crippen LogP contribution in [0, 0.1) is 12.3 Å². The third-order valence-corrected chi connectivity index (χ3v) is 6.25. The molecular formula is C21H25N5O2S2. The van der Waals surface area contributed by atoms with E-state index in [0.29, 0.717) is 16.5 Å². The largest absolute Gasteiger partial charge is 0.326 e. The third kappa shape index (κ3) is 5.28. The van der Waals surface area contributed by atoms with Gasteiger partial charge in [0.05, 0.1) is 10.6 Å². The van der Waals surface area contributed by atoms with Gasteiger partial charge in [0.25, 0.3) is 0 Å². The highest BCUT2D eigenvalue weighted by Gasteiger charge is 2.21. The molecule has 3 aromatic rings. The van der Waals surface area contributed by atoms with Crippen molar-refractivity contribution in [2.24, 2.45) is 12.5 Å². The van der Waals surface area contributed by atoms with Crippen molar-refractivity contribution >= 4 is 46.3 Å². The van der Waals surface area contributed by atoms with Crippen LogP contribution < -0.4 is 10.6 Å². The Balaban J connectivity index is 1.63. The minimum atomic E-state index is -0.497. The molecule has 9 heteroatoms. The minimum Gasteiger partial charge on any atom is -0.326 e. The van der Waals surface area contributed by atoms with Crippen molar-refractivity contribution in [3.63, 3.8) is 0 Å². The number of benzene rings is 1. The van der Waals surface area contributed by atoms with Gasteiger partial charge in [-0.3, -0.25) is 9.59 Å². The number of carbonyl (C=O) groups is 2. The summed E-state index contributed by atoms with van der Waals surface area (Å²) in [5, 5.41) is 16.9. The molecule has 1 aromatic carbocycles. The lowest BCUT2D eigenvalue weighted by Gasteiger charge is -2.18. The lowest BCUT2D eigenvalue weighted by molar-refractivity contribution is -0.123. The number of aryl methyl sites for hydroxylation is 1. The Morgan fingerprint density at radius 3 is 2.60 bits per heavy atom. The fourth-order valence-corrected chi connectivity index (χ4v) is 3.99. The molecule has 2 N–H and O–H groups in total. The van der Waals surface area contributed by atoms with Gasteiger partial charge in [0, 0.05) is 23.8 Å².